The fourth-order valence-corrected chi connectivity index (χ4v) is 7.90. The van der Waals surface area contributed by atoms with Crippen LogP contribution in [0.1, 0.15) is 61.2 Å². The molecule has 162 valence electrons. The Morgan fingerprint density at radius 2 is 1.62 bits per heavy atom. The van der Waals surface area contributed by atoms with Gasteiger partial charge in [-0.05, 0) is 91.2 Å². The van der Waals surface area contributed by atoms with E-state index < -0.39 is 22.6 Å². The largest absolute Gasteiger partial charge is 0.353 e. The van der Waals surface area contributed by atoms with Crippen molar-refractivity contribution in [3.8, 4) is 0 Å². The molecule has 1 saturated heterocycles. The van der Waals surface area contributed by atoms with Gasteiger partial charge in [0.15, 0.2) is 0 Å². The molecule has 2 fully saturated rings. The van der Waals surface area contributed by atoms with Crippen LogP contribution in [-0.2, 0) is 5.38 Å². The van der Waals surface area contributed by atoms with E-state index in [1.165, 1.54) is 38.5 Å². The topological polar surface area (TPSA) is 0 Å². The molecule has 0 N–H and O–H groups in total. The van der Waals surface area contributed by atoms with E-state index in [9.17, 15) is 17.6 Å². The fourth-order valence-electron chi connectivity index (χ4n) is 4.43. The van der Waals surface area contributed by atoms with Crippen LogP contribution in [0.15, 0.2) is 24.3 Å². The normalized spacial score (nSPS) is 28.8. The molecule has 0 atom stereocenters. The summed E-state index contributed by atoms with van der Waals surface area (Å²) in [6.07, 6.45) is 11.9. The highest BCUT2D eigenvalue weighted by atomic mass is 35.5. The van der Waals surface area contributed by atoms with E-state index >= 15 is 0 Å². The molecule has 0 amide bonds. The maximum Gasteiger partial charge on any atom is 0.353 e. The molecule has 3 rings (SSSR count). The molecular formula is C22H27ClF4S2. The molecule has 1 aliphatic carbocycles. The average molecular weight is 467 g/mol. The van der Waals surface area contributed by atoms with Crippen molar-refractivity contribution in [1.82, 2.24) is 0 Å². The quantitative estimate of drug-likeness (QED) is 0.234. The van der Waals surface area contributed by atoms with Gasteiger partial charge < -0.3 is 0 Å². The number of allylic oxidation sites excluding steroid dienone is 2. The van der Waals surface area contributed by atoms with Crippen LogP contribution in [-0.4, -0.2) is 11.5 Å². The predicted molar refractivity (Wildman–Crippen MR) is 117 cm³/mol. The summed E-state index contributed by atoms with van der Waals surface area (Å²) in [6, 6.07) is 2.02. The first-order chi connectivity index (χ1) is 13.8. The molecule has 29 heavy (non-hydrogen) atoms. The van der Waals surface area contributed by atoms with E-state index in [0.29, 0.717) is 11.5 Å². The summed E-state index contributed by atoms with van der Waals surface area (Å²) >= 11 is 8.16. The molecule has 1 saturated carbocycles. The highest BCUT2D eigenvalue weighted by molar-refractivity contribution is 8.16. The standard InChI is InChI=1S/C22H27ClF4S2/c1-2-3-4-5-14-6-8-15(9-7-14)17-12-28-21(29-13-17)16-10-18(24)20(19(25)11-16)22(23,26)27/h2-3,10-11,14-15,17,21H,4-9,12-13H2,1H3/b3-2+. The molecule has 1 aromatic rings. The maximum atomic E-state index is 14.1. The van der Waals surface area contributed by atoms with Gasteiger partial charge in [0.1, 0.15) is 17.2 Å². The Morgan fingerprint density at radius 3 is 2.14 bits per heavy atom. The SMILES string of the molecule is C/C=C/CCC1CCC(C2CSC(c3cc(F)c(C(F)(F)Cl)c(F)c3)SC2)CC1. The van der Waals surface area contributed by atoms with E-state index in [4.69, 9.17) is 11.6 Å². The van der Waals surface area contributed by atoms with Crippen molar-refractivity contribution in [2.45, 2.75) is 55.4 Å². The number of thioether (sulfide) groups is 2. The predicted octanol–water partition coefficient (Wildman–Crippen LogP) is 8.51. The summed E-state index contributed by atoms with van der Waals surface area (Å²) in [5, 5.41) is -4.05. The van der Waals surface area contributed by atoms with Crippen molar-refractivity contribution in [1.29, 1.82) is 0 Å². The van der Waals surface area contributed by atoms with Crippen LogP contribution in [0, 0.1) is 29.4 Å². The second kappa shape index (κ2) is 10.3. The van der Waals surface area contributed by atoms with Gasteiger partial charge in [0, 0.05) is 0 Å². The van der Waals surface area contributed by atoms with Gasteiger partial charge in [-0.3, -0.25) is 0 Å². The third-order valence-electron chi connectivity index (χ3n) is 6.08. The molecule has 0 spiro atoms. The van der Waals surface area contributed by atoms with Crippen molar-refractivity contribution < 1.29 is 17.6 Å². The summed E-state index contributed by atoms with van der Waals surface area (Å²) < 4.78 is 54.4. The van der Waals surface area contributed by atoms with Gasteiger partial charge in [-0.1, -0.05) is 25.0 Å². The molecule has 0 radical (unpaired) electrons. The zero-order valence-electron chi connectivity index (χ0n) is 16.5. The Hall–Kier alpha value is -0.330. The summed E-state index contributed by atoms with van der Waals surface area (Å²) in [5.41, 5.74) is -0.955. The van der Waals surface area contributed by atoms with Crippen LogP contribution in [0.4, 0.5) is 17.6 Å². The van der Waals surface area contributed by atoms with E-state index in [1.54, 1.807) is 23.5 Å². The van der Waals surface area contributed by atoms with Crippen LogP contribution in [0.5, 0.6) is 0 Å². The molecule has 2 aliphatic rings. The van der Waals surface area contributed by atoms with Gasteiger partial charge in [-0.15, -0.1) is 23.5 Å². The van der Waals surface area contributed by atoms with E-state index in [1.807, 2.05) is 0 Å². The van der Waals surface area contributed by atoms with Gasteiger partial charge in [0.25, 0.3) is 0 Å². The number of halogens is 5. The van der Waals surface area contributed by atoms with Crippen molar-refractivity contribution in [3.63, 3.8) is 0 Å². The third-order valence-corrected chi connectivity index (χ3v) is 9.48. The van der Waals surface area contributed by atoms with E-state index in [-0.39, 0.29) is 4.58 Å². The minimum atomic E-state index is -4.05. The van der Waals surface area contributed by atoms with Crippen LogP contribution in [0.3, 0.4) is 0 Å². The van der Waals surface area contributed by atoms with Gasteiger partial charge in [-0.25, -0.2) is 8.78 Å². The van der Waals surface area contributed by atoms with Crippen molar-refractivity contribution >= 4 is 35.1 Å². The van der Waals surface area contributed by atoms with Crippen molar-refractivity contribution in [2.75, 3.05) is 11.5 Å². The number of hydrogen-bond acceptors (Lipinski definition) is 2. The second-order valence-corrected chi connectivity index (χ2v) is 11.1. The van der Waals surface area contributed by atoms with Crippen molar-refractivity contribution in [2.24, 2.45) is 17.8 Å². The molecule has 1 aromatic carbocycles. The lowest BCUT2D eigenvalue weighted by molar-refractivity contribution is 0.0858. The molecule has 0 unspecified atom stereocenters. The molecule has 1 heterocycles. The van der Waals surface area contributed by atoms with Gasteiger partial charge in [0.2, 0.25) is 0 Å². The minimum absolute atomic E-state index is 0.134. The van der Waals surface area contributed by atoms with Crippen LogP contribution >= 0.6 is 35.1 Å². The summed E-state index contributed by atoms with van der Waals surface area (Å²) in [7, 11) is 0. The van der Waals surface area contributed by atoms with E-state index in [2.05, 4.69) is 19.1 Å². The van der Waals surface area contributed by atoms with Gasteiger partial charge in [-0.2, -0.15) is 8.78 Å². The zero-order valence-corrected chi connectivity index (χ0v) is 18.9. The Morgan fingerprint density at radius 1 is 1.03 bits per heavy atom. The number of rotatable bonds is 6. The van der Waals surface area contributed by atoms with Gasteiger partial charge in [0.05, 0.1) is 4.58 Å². The van der Waals surface area contributed by atoms with Crippen LogP contribution in [0.25, 0.3) is 0 Å². The number of alkyl halides is 3. The first kappa shape index (κ1) is 23.3. The van der Waals surface area contributed by atoms with Gasteiger partial charge >= 0.3 is 5.38 Å². The molecular weight excluding hydrogens is 440 g/mol. The summed E-state index contributed by atoms with van der Waals surface area (Å²) in [4.78, 5) is 0. The van der Waals surface area contributed by atoms with E-state index in [0.717, 1.165) is 35.5 Å². The smallest absolute Gasteiger partial charge is 0.206 e. The Balaban J connectivity index is 1.52. The highest BCUT2D eigenvalue weighted by Gasteiger charge is 2.37. The minimum Gasteiger partial charge on any atom is -0.206 e. The number of benzene rings is 1. The van der Waals surface area contributed by atoms with Crippen LogP contribution in [0.2, 0.25) is 0 Å². The van der Waals surface area contributed by atoms with Crippen LogP contribution < -0.4 is 0 Å². The Kier molecular flexibility index (Phi) is 8.30. The first-order valence-electron chi connectivity index (χ1n) is 10.2. The fraction of sp³-hybridized carbons (Fsp3) is 0.636. The first-order valence-corrected chi connectivity index (χ1v) is 12.7. The lowest BCUT2D eigenvalue weighted by Crippen LogP contribution is -2.27. The Bertz CT molecular complexity index is 680. The zero-order chi connectivity index (χ0) is 21.0. The van der Waals surface area contributed by atoms with Crippen molar-refractivity contribution in [3.05, 3.63) is 47.0 Å². The summed E-state index contributed by atoms with van der Waals surface area (Å²) in [6.45, 7) is 2.06. The average Bonchev–Trinajstić information content (AvgIpc) is 2.67. The molecule has 7 heteroatoms. The summed E-state index contributed by atoms with van der Waals surface area (Å²) in [5.74, 6) is 1.51. The molecule has 1 aliphatic heterocycles. The molecule has 0 bridgehead atoms. The molecule has 0 nitrogen and oxygen atoms in total. The molecule has 0 aromatic heterocycles. The highest BCUT2D eigenvalue weighted by Crippen LogP contribution is 2.50. The monoisotopic (exact) mass is 466 g/mol. The third kappa shape index (κ3) is 6.10. The second-order valence-electron chi connectivity index (χ2n) is 8.04. The maximum absolute atomic E-state index is 14.1. The number of hydrogen-bond donors (Lipinski definition) is 0. The lowest BCUT2D eigenvalue weighted by atomic mass is 9.75. The lowest BCUT2D eigenvalue weighted by Gasteiger charge is -2.37. The Labute approximate surface area is 184 Å².